The topological polar surface area (TPSA) is 102 Å². The number of carbonyl (C=O) groups excluding carboxylic acids is 4. The first kappa shape index (κ1) is 16.8. The Bertz CT molecular complexity index is 528. The van der Waals surface area contributed by atoms with E-state index in [1.807, 2.05) is 0 Å². The summed E-state index contributed by atoms with van der Waals surface area (Å²) in [5.74, 6) is -3.71. The van der Waals surface area contributed by atoms with E-state index in [1.54, 1.807) is 6.92 Å². The molecule has 1 fully saturated rings. The fraction of sp³-hybridized carbons (Fsp3) is 0.417. The van der Waals surface area contributed by atoms with Crippen molar-refractivity contribution in [3.05, 3.63) is 11.8 Å². The van der Waals surface area contributed by atoms with Crippen LogP contribution in [0.3, 0.4) is 0 Å². The van der Waals surface area contributed by atoms with Gasteiger partial charge in [-0.1, -0.05) is 0 Å². The summed E-state index contributed by atoms with van der Waals surface area (Å²) >= 11 is 4.86. The van der Waals surface area contributed by atoms with Crippen LogP contribution in [0.4, 0.5) is 0 Å². The Labute approximate surface area is 126 Å². The average Bonchev–Trinajstić information content (AvgIpc) is 2.73. The molecule has 1 rings (SSSR count). The van der Waals surface area contributed by atoms with Gasteiger partial charge in [-0.25, -0.2) is 9.59 Å². The molecule has 1 N–H and O–H groups in total. The normalized spacial score (nSPS) is 14.8. The van der Waals surface area contributed by atoms with E-state index in [2.05, 4.69) is 10.1 Å². The molecule has 0 unspecified atom stereocenters. The van der Waals surface area contributed by atoms with Crippen LogP contribution in [0.1, 0.15) is 13.8 Å². The van der Waals surface area contributed by atoms with Crippen molar-refractivity contribution in [2.24, 2.45) is 0 Å². The molecule has 0 aliphatic carbocycles. The molecule has 0 saturated carbocycles. The summed E-state index contributed by atoms with van der Waals surface area (Å²) in [5.41, 5.74) is -0.547. The summed E-state index contributed by atoms with van der Waals surface area (Å²) in [4.78, 5) is 47.5. The maximum Gasteiger partial charge on any atom is 0.380 e. The number of rotatable bonds is 6. The molecule has 0 aromatic carbocycles. The molecule has 1 aliphatic heterocycles. The predicted octanol–water partition coefficient (Wildman–Crippen LogP) is -0.718. The van der Waals surface area contributed by atoms with Gasteiger partial charge in [0.15, 0.2) is 5.11 Å². The minimum Gasteiger partial charge on any atom is -0.462 e. The second-order valence-corrected chi connectivity index (χ2v) is 4.18. The Kier molecular flexibility index (Phi) is 5.97. The Morgan fingerprint density at radius 2 is 1.81 bits per heavy atom. The molecule has 8 nitrogen and oxygen atoms in total. The fourth-order valence-corrected chi connectivity index (χ4v) is 1.67. The van der Waals surface area contributed by atoms with Gasteiger partial charge in [0.05, 0.1) is 13.2 Å². The molecule has 114 valence electrons. The van der Waals surface area contributed by atoms with Crippen molar-refractivity contribution < 1.29 is 28.7 Å². The first-order valence-corrected chi connectivity index (χ1v) is 6.52. The Morgan fingerprint density at radius 3 is 2.29 bits per heavy atom. The molecule has 1 heterocycles. The molecule has 0 bridgehead atoms. The number of nitrogens with zero attached hydrogens (tertiary/aromatic N) is 1. The molecule has 0 spiro atoms. The lowest BCUT2D eigenvalue weighted by atomic mass is 10.2. The van der Waals surface area contributed by atoms with Crippen LogP contribution < -0.4 is 5.32 Å². The van der Waals surface area contributed by atoms with Crippen LogP contribution in [-0.2, 0) is 28.7 Å². The van der Waals surface area contributed by atoms with E-state index in [0.717, 1.165) is 6.20 Å². The average molecular weight is 314 g/mol. The molecular weight excluding hydrogens is 300 g/mol. The smallest absolute Gasteiger partial charge is 0.380 e. The van der Waals surface area contributed by atoms with E-state index >= 15 is 0 Å². The van der Waals surface area contributed by atoms with Gasteiger partial charge in [-0.2, -0.15) is 0 Å². The first-order chi connectivity index (χ1) is 9.90. The molecule has 1 amide bonds. The standard InChI is InChI=1S/C12H14N2O6S/c1-3-19-10(17)7(9(16)11(18)20-4-2)5-14-6-8(15)13-12(14)21/h5H,3-4,6H2,1-2H3,(H,13,15,21)/b7-5+. The van der Waals surface area contributed by atoms with E-state index in [4.69, 9.17) is 17.0 Å². The minimum atomic E-state index is -1.18. The summed E-state index contributed by atoms with van der Waals surface area (Å²) < 4.78 is 9.27. The third-order valence-electron chi connectivity index (χ3n) is 2.31. The van der Waals surface area contributed by atoms with Crippen LogP contribution in [0.25, 0.3) is 0 Å². The third kappa shape index (κ3) is 4.35. The number of ether oxygens (including phenoxy) is 2. The highest BCUT2D eigenvalue weighted by Crippen LogP contribution is 2.08. The van der Waals surface area contributed by atoms with Crippen molar-refractivity contribution in [3.8, 4) is 0 Å². The van der Waals surface area contributed by atoms with Crippen molar-refractivity contribution in [2.75, 3.05) is 19.8 Å². The molecule has 9 heteroatoms. The van der Waals surface area contributed by atoms with Crippen LogP contribution >= 0.6 is 12.2 Å². The number of nitrogens with one attached hydrogen (secondary N) is 1. The number of Topliss-reactive ketones (excluding diaryl/α,β-unsaturated/α-hetero) is 1. The zero-order valence-electron chi connectivity index (χ0n) is 11.5. The number of ketones is 1. The number of hydrogen-bond donors (Lipinski definition) is 1. The first-order valence-electron chi connectivity index (χ1n) is 6.11. The molecule has 1 saturated heterocycles. The number of carbonyl (C=O) groups is 4. The minimum absolute atomic E-state index is 0.0111. The van der Waals surface area contributed by atoms with Gasteiger partial charge < -0.3 is 19.7 Å². The van der Waals surface area contributed by atoms with Crippen LogP contribution in [0.2, 0.25) is 0 Å². The lowest BCUT2D eigenvalue weighted by molar-refractivity contribution is -0.154. The van der Waals surface area contributed by atoms with E-state index in [9.17, 15) is 19.2 Å². The summed E-state index contributed by atoms with van der Waals surface area (Å²) in [6, 6.07) is 0. The summed E-state index contributed by atoms with van der Waals surface area (Å²) in [6.45, 7) is 2.93. The molecule has 0 radical (unpaired) electrons. The van der Waals surface area contributed by atoms with Gasteiger partial charge in [0.25, 0.3) is 5.78 Å². The van der Waals surface area contributed by atoms with E-state index in [1.165, 1.54) is 11.8 Å². The monoisotopic (exact) mass is 314 g/mol. The number of amides is 1. The molecule has 0 atom stereocenters. The summed E-state index contributed by atoms with van der Waals surface area (Å²) in [5, 5.41) is 2.36. The van der Waals surface area contributed by atoms with Gasteiger partial charge in [0.1, 0.15) is 12.1 Å². The van der Waals surface area contributed by atoms with Crippen molar-refractivity contribution in [1.82, 2.24) is 10.2 Å². The highest BCUT2D eigenvalue weighted by Gasteiger charge is 2.30. The SMILES string of the molecule is CCOC(=O)C(=O)/C(=C\N1CC(=O)NC1=S)C(=O)OCC. The molecule has 1 aliphatic rings. The second kappa shape index (κ2) is 7.48. The van der Waals surface area contributed by atoms with Crippen LogP contribution in [0, 0.1) is 0 Å². The van der Waals surface area contributed by atoms with Gasteiger partial charge in [0, 0.05) is 6.20 Å². The number of thiocarbonyl (C=S) groups is 1. The van der Waals surface area contributed by atoms with Gasteiger partial charge in [0.2, 0.25) is 5.91 Å². The lowest BCUT2D eigenvalue weighted by Gasteiger charge is -2.12. The summed E-state index contributed by atoms with van der Waals surface area (Å²) in [7, 11) is 0. The van der Waals surface area contributed by atoms with Crippen LogP contribution in [0.5, 0.6) is 0 Å². The highest BCUT2D eigenvalue weighted by atomic mass is 32.1. The fourth-order valence-electron chi connectivity index (χ4n) is 1.44. The maximum atomic E-state index is 11.9. The van der Waals surface area contributed by atoms with Crippen LogP contribution in [0.15, 0.2) is 11.8 Å². The van der Waals surface area contributed by atoms with E-state index < -0.39 is 23.3 Å². The lowest BCUT2D eigenvalue weighted by Crippen LogP contribution is -2.29. The van der Waals surface area contributed by atoms with Gasteiger partial charge in [-0.05, 0) is 26.1 Å². The molecule has 21 heavy (non-hydrogen) atoms. The Morgan fingerprint density at radius 1 is 1.24 bits per heavy atom. The van der Waals surface area contributed by atoms with E-state index in [0.29, 0.717) is 0 Å². The molecular formula is C12H14N2O6S. The van der Waals surface area contributed by atoms with Crippen molar-refractivity contribution in [2.45, 2.75) is 13.8 Å². The number of hydrogen-bond acceptors (Lipinski definition) is 7. The largest absolute Gasteiger partial charge is 0.462 e. The quantitative estimate of drug-likeness (QED) is 0.171. The summed E-state index contributed by atoms with van der Waals surface area (Å²) in [6.07, 6.45) is 1.01. The number of esters is 2. The van der Waals surface area contributed by atoms with Gasteiger partial charge in [-0.15, -0.1) is 0 Å². The van der Waals surface area contributed by atoms with Crippen molar-refractivity contribution in [1.29, 1.82) is 0 Å². The van der Waals surface area contributed by atoms with Gasteiger partial charge in [-0.3, -0.25) is 9.59 Å². The zero-order valence-corrected chi connectivity index (χ0v) is 12.3. The van der Waals surface area contributed by atoms with Crippen LogP contribution in [-0.4, -0.2) is 53.4 Å². The van der Waals surface area contributed by atoms with Gasteiger partial charge >= 0.3 is 11.9 Å². The Balaban J connectivity index is 3.05. The maximum absolute atomic E-state index is 11.9. The highest BCUT2D eigenvalue weighted by molar-refractivity contribution is 7.80. The second-order valence-electron chi connectivity index (χ2n) is 3.79. The molecule has 0 aromatic rings. The third-order valence-corrected chi connectivity index (χ3v) is 2.64. The zero-order chi connectivity index (χ0) is 16.0. The van der Waals surface area contributed by atoms with E-state index in [-0.39, 0.29) is 30.8 Å². The van der Waals surface area contributed by atoms with Crippen molar-refractivity contribution in [3.63, 3.8) is 0 Å². The van der Waals surface area contributed by atoms with Crippen molar-refractivity contribution >= 4 is 41.0 Å². The molecule has 0 aromatic heterocycles. The predicted molar refractivity (Wildman–Crippen MR) is 73.8 cm³/mol. The Hall–Kier alpha value is -2.29.